The second-order valence-electron chi connectivity index (χ2n) is 2.77. The summed E-state index contributed by atoms with van der Waals surface area (Å²) in [4.78, 5) is 15.1. The lowest BCUT2D eigenvalue weighted by molar-refractivity contribution is 0.0941. The van der Waals surface area contributed by atoms with E-state index in [1.807, 2.05) is 0 Å². The van der Waals surface area contributed by atoms with Gasteiger partial charge in [0.05, 0.1) is 11.6 Å². The first-order chi connectivity index (χ1) is 6.20. The molecule has 0 spiro atoms. The van der Waals surface area contributed by atoms with Gasteiger partial charge in [-0.25, -0.2) is 4.98 Å². The fourth-order valence-electron chi connectivity index (χ4n) is 0.810. The van der Waals surface area contributed by atoms with E-state index in [0.29, 0.717) is 18.7 Å². The molecule has 1 rings (SSSR count). The Labute approximate surface area is 80.6 Å². The van der Waals surface area contributed by atoms with Crippen LogP contribution in [-0.2, 0) is 0 Å². The number of aliphatic hydroxyl groups excluding tert-OH is 1. The summed E-state index contributed by atoms with van der Waals surface area (Å²) in [7, 11) is 0. The van der Waals surface area contributed by atoms with Gasteiger partial charge in [-0.2, -0.15) is 0 Å². The minimum atomic E-state index is -0.379. The van der Waals surface area contributed by atoms with Crippen molar-refractivity contribution in [3.63, 3.8) is 0 Å². The summed E-state index contributed by atoms with van der Waals surface area (Å²) in [6, 6.07) is 0. The molecule has 1 amide bonds. The van der Waals surface area contributed by atoms with Gasteiger partial charge in [0, 0.05) is 11.9 Å². The highest BCUT2D eigenvalue weighted by molar-refractivity contribution is 7.07. The molecule has 0 saturated heterocycles. The molecule has 5 heteroatoms. The zero-order valence-corrected chi connectivity index (χ0v) is 8.17. The number of thiazole rings is 1. The first-order valence-corrected chi connectivity index (χ1v) is 4.99. The van der Waals surface area contributed by atoms with Crippen molar-refractivity contribution in [3.8, 4) is 0 Å². The SMILES string of the molecule is CC(O)CCNC(=O)c1cscn1. The molecular formula is C8H12N2O2S. The van der Waals surface area contributed by atoms with Crippen LogP contribution in [-0.4, -0.2) is 28.6 Å². The molecule has 72 valence electrons. The average Bonchev–Trinajstić information content (AvgIpc) is 2.55. The zero-order chi connectivity index (χ0) is 9.68. The van der Waals surface area contributed by atoms with E-state index in [1.165, 1.54) is 11.3 Å². The molecule has 0 fully saturated rings. The maximum absolute atomic E-state index is 11.2. The van der Waals surface area contributed by atoms with Gasteiger partial charge in [0.25, 0.3) is 5.91 Å². The lowest BCUT2D eigenvalue weighted by Crippen LogP contribution is -2.26. The molecule has 13 heavy (non-hydrogen) atoms. The van der Waals surface area contributed by atoms with Gasteiger partial charge < -0.3 is 10.4 Å². The van der Waals surface area contributed by atoms with Crippen molar-refractivity contribution in [1.29, 1.82) is 0 Å². The molecule has 1 unspecified atom stereocenters. The maximum atomic E-state index is 11.2. The van der Waals surface area contributed by atoms with E-state index >= 15 is 0 Å². The lowest BCUT2D eigenvalue weighted by atomic mass is 10.3. The third-order valence-electron chi connectivity index (χ3n) is 1.51. The van der Waals surface area contributed by atoms with Crippen molar-refractivity contribution in [2.45, 2.75) is 19.4 Å². The van der Waals surface area contributed by atoms with Crippen LogP contribution in [0.3, 0.4) is 0 Å². The Hall–Kier alpha value is -0.940. The van der Waals surface area contributed by atoms with Crippen molar-refractivity contribution < 1.29 is 9.90 Å². The van der Waals surface area contributed by atoms with Gasteiger partial charge in [0.2, 0.25) is 0 Å². The monoisotopic (exact) mass is 200 g/mol. The number of nitrogens with zero attached hydrogens (tertiary/aromatic N) is 1. The number of aromatic nitrogens is 1. The molecule has 0 saturated carbocycles. The molecule has 1 atom stereocenters. The Morgan fingerprint density at radius 1 is 1.85 bits per heavy atom. The molecule has 4 nitrogen and oxygen atoms in total. The number of hydrogen-bond donors (Lipinski definition) is 2. The Balaban J connectivity index is 2.27. The van der Waals surface area contributed by atoms with Gasteiger partial charge in [-0.05, 0) is 13.3 Å². The summed E-state index contributed by atoms with van der Waals surface area (Å²) < 4.78 is 0. The molecule has 1 aromatic heterocycles. The van der Waals surface area contributed by atoms with Crippen molar-refractivity contribution in [2.24, 2.45) is 0 Å². The number of amides is 1. The fourth-order valence-corrected chi connectivity index (χ4v) is 1.34. The van der Waals surface area contributed by atoms with Crippen LogP contribution in [0.5, 0.6) is 0 Å². The molecular weight excluding hydrogens is 188 g/mol. The highest BCUT2D eigenvalue weighted by Gasteiger charge is 2.06. The molecule has 0 aliphatic rings. The van der Waals surface area contributed by atoms with Crippen LogP contribution in [0, 0.1) is 0 Å². The predicted molar refractivity (Wildman–Crippen MR) is 50.7 cm³/mol. The summed E-state index contributed by atoms with van der Waals surface area (Å²) in [5.41, 5.74) is 2.06. The molecule has 2 N–H and O–H groups in total. The quantitative estimate of drug-likeness (QED) is 0.750. The number of nitrogens with one attached hydrogen (secondary N) is 1. The Morgan fingerprint density at radius 2 is 2.62 bits per heavy atom. The van der Waals surface area contributed by atoms with E-state index in [9.17, 15) is 4.79 Å². The van der Waals surface area contributed by atoms with Crippen molar-refractivity contribution >= 4 is 17.2 Å². The van der Waals surface area contributed by atoms with Gasteiger partial charge in [-0.3, -0.25) is 4.79 Å². The topological polar surface area (TPSA) is 62.2 Å². The second-order valence-corrected chi connectivity index (χ2v) is 3.49. The number of rotatable bonds is 4. The smallest absolute Gasteiger partial charge is 0.270 e. The van der Waals surface area contributed by atoms with Gasteiger partial charge in [-0.15, -0.1) is 11.3 Å². The second kappa shape index (κ2) is 4.94. The van der Waals surface area contributed by atoms with E-state index in [2.05, 4.69) is 10.3 Å². The molecule has 1 aromatic rings. The predicted octanol–water partition coefficient (Wildman–Crippen LogP) is 0.644. The third-order valence-corrected chi connectivity index (χ3v) is 2.10. The van der Waals surface area contributed by atoms with Gasteiger partial charge in [0.15, 0.2) is 0 Å². The average molecular weight is 200 g/mol. The van der Waals surface area contributed by atoms with E-state index in [4.69, 9.17) is 5.11 Å². The van der Waals surface area contributed by atoms with E-state index < -0.39 is 0 Å². The van der Waals surface area contributed by atoms with Crippen LogP contribution >= 0.6 is 11.3 Å². The molecule has 0 radical (unpaired) electrons. The van der Waals surface area contributed by atoms with Crippen molar-refractivity contribution in [3.05, 3.63) is 16.6 Å². The van der Waals surface area contributed by atoms with Gasteiger partial charge in [0.1, 0.15) is 5.69 Å². The standard InChI is InChI=1S/C8H12N2O2S/c1-6(11)2-3-9-8(12)7-4-13-5-10-7/h4-6,11H,2-3H2,1H3,(H,9,12). The molecule has 0 aliphatic heterocycles. The summed E-state index contributed by atoms with van der Waals surface area (Å²) in [5, 5.41) is 13.3. The maximum Gasteiger partial charge on any atom is 0.270 e. The minimum Gasteiger partial charge on any atom is -0.393 e. The first kappa shape index (κ1) is 10.1. The molecule has 0 aliphatic carbocycles. The summed E-state index contributed by atoms with van der Waals surface area (Å²) in [6.45, 7) is 2.17. The van der Waals surface area contributed by atoms with Crippen molar-refractivity contribution in [2.75, 3.05) is 6.54 Å². The highest BCUT2D eigenvalue weighted by Crippen LogP contribution is 2.00. The lowest BCUT2D eigenvalue weighted by Gasteiger charge is -2.04. The summed E-state index contributed by atoms with van der Waals surface area (Å²) in [5.74, 6) is -0.179. The van der Waals surface area contributed by atoms with E-state index in [1.54, 1.807) is 17.8 Å². The summed E-state index contributed by atoms with van der Waals surface area (Å²) in [6.07, 6.45) is 0.186. The normalized spacial score (nSPS) is 12.5. The van der Waals surface area contributed by atoms with E-state index in [-0.39, 0.29) is 12.0 Å². The van der Waals surface area contributed by atoms with Crippen LogP contribution in [0.1, 0.15) is 23.8 Å². The van der Waals surface area contributed by atoms with Crippen LogP contribution in [0.4, 0.5) is 0 Å². The van der Waals surface area contributed by atoms with Crippen LogP contribution in [0.25, 0.3) is 0 Å². The van der Waals surface area contributed by atoms with Crippen LogP contribution in [0.2, 0.25) is 0 Å². The third kappa shape index (κ3) is 3.52. The minimum absolute atomic E-state index is 0.179. The Morgan fingerprint density at radius 3 is 3.15 bits per heavy atom. The number of aliphatic hydroxyl groups is 1. The van der Waals surface area contributed by atoms with Crippen LogP contribution in [0.15, 0.2) is 10.9 Å². The highest BCUT2D eigenvalue weighted by atomic mass is 32.1. The summed E-state index contributed by atoms with van der Waals surface area (Å²) >= 11 is 1.39. The fraction of sp³-hybridized carbons (Fsp3) is 0.500. The molecule has 0 bridgehead atoms. The zero-order valence-electron chi connectivity index (χ0n) is 7.36. The molecule has 1 heterocycles. The molecule has 0 aromatic carbocycles. The first-order valence-electron chi connectivity index (χ1n) is 4.04. The number of carbonyl (C=O) groups is 1. The number of carbonyl (C=O) groups excluding carboxylic acids is 1. The Bertz CT molecular complexity index is 259. The van der Waals surface area contributed by atoms with Gasteiger partial charge in [-0.1, -0.05) is 0 Å². The van der Waals surface area contributed by atoms with Crippen LogP contribution < -0.4 is 5.32 Å². The number of hydrogen-bond acceptors (Lipinski definition) is 4. The van der Waals surface area contributed by atoms with Crippen molar-refractivity contribution in [1.82, 2.24) is 10.3 Å². The van der Waals surface area contributed by atoms with Gasteiger partial charge >= 0.3 is 0 Å². The Kier molecular flexibility index (Phi) is 3.85. The largest absolute Gasteiger partial charge is 0.393 e. The van der Waals surface area contributed by atoms with E-state index in [0.717, 1.165) is 0 Å².